The lowest BCUT2D eigenvalue weighted by atomic mass is 10.1. The zero-order valence-corrected chi connectivity index (χ0v) is 15.4. The Kier molecular flexibility index (Phi) is 6.45. The Morgan fingerprint density at radius 3 is 2.16 bits per heavy atom. The molecular formula is C17H24N4O4. The summed E-state index contributed by atoms with van der Waals surface area (Å²) in [5.74, 6) is -0.607. The molecule has 1 heterocycles. The average Bonchev–Trinajstić information content (AvgIpc) is 2.43. The van der Waals surface area contributed by atoms with E-state index in [1.807, 2.05) is 6.07 Å². The van der Waals surface area contributed by atoms with Crippen molar-refractivity contribution in [2.24, 2.45) is 0 Å². The van der Waals surface area contributed by atoms with Crippen molar-refractivity contribution >= 4 is 12.1 Å². The van der Waals surface area contributed by atoms with Gasteiger partial charge < -0.3 is 14.8 Å². The Labute approximate surface area is 147 Å². The number of ether oxygens (including phenoxy) is 2. The molecule has 0 saturated carbocycles. The van der Waals surface area contributed by atoms with E-state index in [0.717, 1.165) is 0 Å². The third kappa shape index (κ3) is 8.11. The predicted octanol–water partition coefficient (Wildman–Crippen LogP) is 2.13. The number of nitrogens with zero attached hydrogens (tertiary/aromatic N) is 3. The first kappa shape index (κ1) is 20.4. The SMILES string of the molecule is CC(C)(C)OC(=O)N[C@@H](Cc1cnc(C#N)cn1)C(=O)OC(C)(C)C. The monoisotopic (exact) mass is 348 g/mol. The molecule has 0 saturated heterocycles. The van der Waals surface area contributed by atoms with Gasteiger partial charge in [0.1, 0.15) is 23.3 Å². The van der Waals surface area contributed by atoms with E-state index in [9.17, 15) is 9.59 Å². The lowest BCUT2D eigenvalue weighted by molar-refractivity contribution is -0.157. The van der Waals surface area contributed by atoms with Gasteiger partial charge in [0, 0.05) is 6.42 Å². The molecule has 1 aromatic rings. The highest BCUT2D eigenvalue weighted by Gasteiger charge is 2.29. The van der Waals surface area contributed by atoms with Crippen molar-refractivity contribution in [3.63, 3.8) is 0 Å². The predicted molar refractivity (Wildman–Crippen MR) is 89.5 cm³/mol. The lowest BCUT2D eigenvalue weighted by Crippen LogP contribution is -2.47. The van der Waals surface area contributed by atoms with E-state index >= 15 is 0 Å². The maximum absolute atomic E-state index is 12.4. The molecule has 1 atom stereocenters. The quantitative estimate of drug-likeness (QED) is 0.829. The summed E-state index contributed by atoms with van der Waals surface area (Å²) >= 11 is 0. The van der Waals surface area contributed by atoms with Crippen molar-refractivity contribution in [2.45, 2.75) is 65.2 Å². The highest BCUT2D eigenvalue weighted by molar-refractivity contribution is 5.82. The first-order valence-corrected chi connectivity index (χ1v) is 7.83. The van der Waals surface area contributed by atoms with Crippen LogP contribution in [0.3, 0.4) is 0 Å². The summed E-state index contributed by atoms with van der Waals surface area (Å²) in [6.45, 7) is 10.4. The van der Waals surface area contributed by atoms with E-state index < -0.39 is 29.3 Å². The van der Waals surface area contributed by atoms with Gasteiger partial charge in [0.15, 0.2) is 5.69 Å². The second kappa shape index (κ2) is 7.92. The molecule has 0 unspecified atom stereocenters. The van der Waals surface area contributed by atoms with Gasteiger partial charge in [0.25, 0.3) is 0 Å². The van der Waals surface area contributed by atoms with Crippen LogP contribution in [0.2, 0.25) is 0 Å². The maximum Gasteiger partial charge on any atom is 0.408 e. The van der Waals surface area contributed by atoms with Crippen LogP contribution in [0.25, 0.3) is 0 Å². The fourth-order valence-corrected chi connectivity index (χ4v) is 1.74. The minimum absolute atomic E-state index is 0.0624. The number of amides is 1. The number of nitriles is 1. The summed E-state index contributed by atoms with van der Waals surface area (Å²) in [5, 5.41) is 11.3. The van der Waals surface area contributed by atoms with E-state index in [1.54, 1.807) is 41.5 Å². The first-order chi connectivity index (χ1) is 11.4. The lowest BCUT2D eigenvalue weighted by Gasteiger charge is -2.26. The van der Waals surface area contributed by atoms with Crippen molar-refractivity contribution in [3.05, 3.63) is 23.8 Å². The van der Waals surface area contributed by atoms with Crippen LogP contribution < -0.4 is 5.32 Å². The maximum atomic E-state index is 12.4. The molecule has 1 amide bonds. The molecule has 25 heavy (non-hydrogen) atoms. The molecule has 0 aromatic carbocycles. The minimum Gasteiger partial charge on any atom is -0.458 e. The van der Waals surface area contributed by atoms with Gasteiger partial charge >= 0.3 is 12.1 Å². The second-order valence-corrected chi connectivity index (χ2v) is 7.44. The Morgan fingerprint density at radius 2 is 1.72 bits per heavy atom. The molecule has 1 aromatic heterocycles. The number of esters is 1. The van der Waals surface area contributed by atoms with E-state index in [4.69, 9.17) is 14.7 Å². The van der Waals surface area contributed by atoms with Crippen LogP contribution in [0.15, 0.2) is 12.4 Å². The summed E-state index contributed by atoms with van der Waals surface area (Å²) < 4.78 is 10.5. The molecule has 8 heteroatoms. The molecule has 0 aliphatic rings. The van der Waals surface area contributed by atoms with Crippen molar-refractivity contribution in [1.29, 1.82) is 5.26 Å². The van der Waals surface area contributed by atoms with Crippen molar-refractivity contribution in [3.8, 4) is 6.07 Å². The number of alkyl carbamates (subject to hydrolysis) is 1. The summed E-state index contributed by atoms with van der Waals surface area (Å²) in [7, 11) is 0. The van der Waals surface area contributed by atoms with Crippen LogP contribution in [0.4, 0.5) is 4.79 Å². The molecule has 0 radical (unpaired) electrons. The third-order valence-electron chi connectivity index (χ3n) is 2.62. The smallest absolute Gasteiger partial charge is 0.408 e. The van der Waals surface area contributed by atoms with E-state index in [0.29, 0.717) is 5.69 Å². The molecule has 0 aliphatic carbocycles. The summed E-state index contributed by atoms with van der Waals surface area (Å²) in [4.78, 5) is 32.4. The van der Waals surface area contributed by atoms with E-state index in [2.05, 4.69) is 15.3 Å². The van der Waals surface area contributed by atoms with Gasteiger partial charge in [0.05, 0.1) is 18.1 Å². The van der Waals surface area contributed by atoms with Gasteiger partial charge in [-0.15, -0.1) is 0 Å². The fourth-order valence-electron chi connectivity index (χ4n) is 1.74. The van der Waals surface area contributed by atoms with Crippen molar-refractivity contribution < 1.29 is 19.1 Å². The zero-order chi connectivity index (χ0) is 19.3. The van der Waals surface area contributed by atoms with Crippen LogP contribution >= 0.6 is 0 Å². The second-order valence-electron chi connectivity index (χ2n) is 7.44. The Bertz CT molecular complexity index is 651. The van der Waals surface area contributed by atoms with Crippen LogP contribution in [0.1, 0.15) is 52.9 Å². The highest BCUT2D eigenvalue weighted by atomic mass is 16.6. The third-order valence-corrected chi connectivity index (χ3v) is 2.62. The summed E-state index contributed by atoms with van der Waals surface area (Å²) in [6.07, 6.45) is 2.01. The summed E-state index contributed by atoms with van der Waals surface area (Å²) in [6, 6.07) is 0.875. The van der Waals surface area contributed by atoms with E-state index in [-0.39, 0.29) is 12.1 Å². The topological polar surface area (TPSA) is 114 Å². The van der Waals surface area contributed by atoms with Gasteiger partial charge in [-0.3, -0.25) is 4.98 Å². The number of carbonyl (C=O) groups is 2. The molecular weight excluding hydrogens is 324 g/mol. The molecule has 136 valence electrons. The highest BCUT2D eigenvalue weighted by Crippen LogP contribution is 2.12. The van der Waals surface area contributed by atoms with Crippen LogP contribution in [0.5, 0.6) is 0 Å². The van der Waals surface area contributed by atoms with Gasteiger partial charge in [-0.1, -0.05) is 0 Å². The molecule has 1 N–H and O–H groups in total. The number of carbonyl (C=O) groups excluding carboxylic acids is 2. The van der Waals surface area contributed by atoms with Crippen molar-refractivity contribution in [1.82, 2.24) is 15.3 Å². The Hall–Kier alpha value is -2.69. The number of rotatable bonds is 4. The Morgan fingerprint density at radius 1 is 1.12 bits per heavy atom. The molecule has 0 spiro atoms. The number of aromatic nitrogens is 2. The number of hydrogen-bond donors (Lipinski definition) is 1. The van der Waals surface area contributed by atoms with Crippen molar-refractivity contribution in [2.75, 3.05) is 0 Å². The van der Waals surface area contributed by atoms with Crippen LogP contribution in [0, 0.1) is 11.3 Å². The average molecular weight is 348 g/mol. The normalized spacial score (nSPS) is 12.7. The molecule has 0 bridgehead atoms. The fraction of sp³-hybridized carbons (Fsp3) is 0.588. The van der Waals surface area contributed by atoms with Gasteiger partial charge in [-0.25, -0.2) is 14.6 Å². The van der Waals surface area contributed by atoms with Crippen LogP contribution in [-0.2, 0) is 20.7 Å². The van der Waals surface area contributed by atoms with E-state index in [1.165, 1.54) is 12.4 Å². The van der Waals surface area contributed by atoms with Gasteiger partial charge in [-0.2, -0.15) is 5.26 Å². The zero-order valence-electron chi connectivity index (χ0n) is 15.4. The standard InChI is InChI=1S/C17H24N4O4/c1-16(2,3)24-14(22)13(21-15(23)25-17(4,5)6)7-11-9-20-12(8-18)10-19-11/h9-10,13H,7H2,1-6H3,(H,21,23)/t13-/m0/s1. The van der Waals surface area contributed by atoms with Gasteiger partial charge in [-0.05, 0) is 41.5 Å². The molecule has 8 nitrogen and oxygen atoms in total. The number of hydrogen-bond acceptors (Lipinski definition) is 7. The van der Waals surface area contributed by atoms with Gasteiger partial charge in [0.2, 0.25) is 0 Å². The minimum atomic E-state index is -0.990. The Balaban J connectivity index is 2.91. The number of nitrogens with one attached hydrogen (secondary N) is 1. The largest absolute Gasteiger partial charge is 0.458 e. The molecule has 0 fully saturated rings. The summed E-state index contributed by atoms with van der Waals surface area (Å²) in [5.41, 5.74) is -0.804. The molecule has 0 aliphatic heterocycles. The van der Waals surface area contributed by atoms with Crippen LogP contribution in [-0.4, -0.2) is 39.3 Å². The molecule has 1 rings (SSSR count). The first-order valence-electron chi connectivity index (χ1n) is 7.83.